The minimum atomic E-state index is -0.333. The van der Waals surface area contributed by atoms with E-state index < -0.39 is 0 Å². The van der Waals surface area contributed by atoms with Crippen LogP contribution in [0.1, 0.15) is 10.5 Å². The van der Waals surface area contributed by atoms with Gasteiger partial charge in [-0.05, 0) is 12.1 Å². The van der Waals surface area contributed by atoms with E-state index in [0.29, 0.717) is 42.8 Å². The molecule has 0 N–H and O–H groups in total. The van der Waals surface area contributed by atoms with Crippen LogP contribution in [0.2, 0.25) is 0 Å². The summed E-state index contributed by atoms with van der Waals surface area (Å²) in [4.78, 5) is 26.6. The number of para-hydroxylation sites is 1. The molecule has 2 heterocycles. The maximum atomic E-state index is 13.9. The number of amides is 2. The molecule has 2 amide bonds. The predicted octanol–water partition coefficient (Wildman–Crippen LogP) is 1.23. The molecule has 0 saturated carbocycles. The van der Waals surface area contributed by atoms with Gasteiger partial charge in [0.15, 0.2) is 0 Å². The first kappa shape index (κ1) is 13.6. The van der Waals surface area contributed by atoms with Gasteiger partial charge in [-0.15, -0.1) is 0 Å². The highest BCUT2D eigenvalue weighted by Gasteiger charge is 2.24. The third-order valence-electron chi connectivity index (χ3n) is 3.98. The number of piperazine rings is 1. The van der Waals surface area contributed by atoms with E-state index in [-0.39, 0.29) is 11.7 Å². The number of hydrogen-bond acceptors (Lipinski definition) is 2. The summed E-state index contributed by atoms with van der Waals surface area (Å²) in [7, 11) is 1.69. The monoisotopic (exact) mass is 289 g/mol. The number of rotatable bonds is 2. The largest absolute Gasteiger partial charge is 0.342 e. The van der Waals surface area contributed by atoms with Gasteiger partial charge in [0.1, 0.15) is 11.5 Å². The summed E-state index contributed by atoms with van der Waals surface area (Å²) < 4.78 is 15.5. The lowest BCUT2D eigenvalue weighted by molar-refractivity contribution is -0.119. The minimum absolute atomic E-state index is 0.126. The minimum Gasteiger partial charge on any atom is -0.342 e. The van der Waals surface area contributed by atoms with Crippen molar-refractivity contribution in [2.75, 3.05) is 26.2 Å². The molecule has 1 aliphatic rings. The molecule has 6 heteroatoms. The molecule has 1 saturated heterocycles. The Bertz CT molecular complexity index is 702. The van der Waals surface area contributed by atoms with Gasteiger partial charge in [0, 0.05) is 38.6 Å². The maximum absolute atomic E-state index is 13.9. The van der Waals surface area contributed by atoms with Gasteiger partial charge < -0.3 is 14.4 Å². The first-order valence-corrected chi connectivity index (χ1v) is 6.84. The summed E-state index contributed by atoms with van der Waals surface area (Å²) >= 11 is 0. The Hall–Kier alpha value is -2.37. The molecule has 0 spiro atoms. The molecule has 1 aromatic heterocycles. The molecule has 1 aliphatic heterocycles. The Morgan fingerprint density at radius 3 is 2.57 bits per heavy atom. The topological polar surface area (TPSA) is 45.6 Å². The summed E-state index contributed by atoms with van der Waals surface area (Å²) in [5, 5.41) is 0.715. The zero-order valence-electron chi connectivity index (χ0n) is 11.8. The highest BCUT2D eigenvalue weighted by atomic mass is 19.1. The number of halogens is 1. The summed E-state index contributed by atoms with van der Waals surface area (Å²) in [6, 6.07) is 6.53. The van der Waals surface area contributed by atoms with Gasteiger partial charge in [0.05, 0.1) is 5.52 Å². The van der Waals surface area contributed by atoms with Gasteiger partial charge in [-0.25, -0.2) is 4.39 Å². The van der Waals surface area contributed by atoms with E-state index in [2.05, 4.69) is 0 Å². The Balaban J connectivity index is 1.90. The van der Waals surface area contributed by atoms with Crippen molar-refractivity contribution in [1.82, 2.24) is 14.4 Å². The van der Waals surface area contributed by atoms with Gasteiger partial charge >= 0.3 is 0 Å². The van der Waals surface area contributed by atoms with E-state index in [1.807, 2.05) is 0 Å². The number of carbonyl (C=O) groups excluding carboxylic acids is 2. The third kappa shape index (κ3) is 2.26. The van der Waals surface area contributed by atoms with Crippen LogP contribution in [0.25, 0.3) is 10.9 Å². The molecule has 1 fully saturated rings. The molecule has 0 bridgehead atoms. The molecule has 21 heavy (non-hydrogen) atoms. The molecule has 0 aliphatic carbocycles. The standard InChI is InChI=1S/C15H16FN3O2/c1-17-13(9-11-3-2-4-12(16)14(11)17)15(21)19-7-5-18(10-20)6-8-19/h2-4,9-10H,5-8H2,1H3. The summed E-state index contributed by atoms with van der Waals surface area (Å²) in [5.41, 5.74) is 0.905. The van der Waals surface area contributed by atoms with Crippen LogP contribution in [-0.2, 0) is 11.8 Å². The van der Waals surface area contributed by atoms with Crippen molar-refractivity contribution in [2.45, 2.75) is 0 Å². The highest BCUT2D eigenvalue weighted by Crippen LogP contribution is 2.22. The van der Waals surface area contributed by atoms with Gasteiger partial charge in [-0.3, -0.25) is 9.59 Å². The van der Waals surface area contributed by atoms with Crippen molar-refractivity contribution in [1.29, 1.82) is 0 Å². The smallest absolute Gasteiger partial charge is 0.270 e. The fourth-order valence-corrected chi connectivity index (χ4v) is 2.76. The normalized spacial score (nSPS) is 15.5. The predicted molar refractivity (Wildman–Crippen MR) is 76.4 cm³/mol. The van der Waals surface area contributed by atoms with Crippen molar-refractivity contribution in [2.24, 2.45) is 7.05 Å². The van der Waals surface area contributed by atoms with Gasteiger partial charge in [-0.1, -0.05) is 12.1 Å². The second-order valence-electron chi connectivity index (χ2n) is 5.20. The second-order valence-corrected chi connectivity index (χ2v) is 5.20. The number of nitrogens with zero attached hydrogens (tertiary/aromatic N) is 3. The Morgan fingerprint density at radius 1 is 1.24 bits per heavy atom. The first-order chi connectivity index (χ1) is 10.1. The third-order valence-corrected chi connectivity index (χ3v) is 3.98. The zero-order chi connectivity index (χ0) is 15.0. The molecule has 5 nitrogen and oxygen atoms in total. The summed E-state index contributed by atoms with van der Waals surface area (Å²) in [6.07, 6.45) is 0.800. The molecule has 3 rings (SSSR count). The van der Waals surface area contributed by atoms with Crippen LogP contribution < -0.4 is 0 Å². The van der Waals surface area contributed by atoms with Gasteiger partial charge in [0.25, 0.3) is 5.91 Å². The van der Waals surface area contributed by atoms with Crippen LogP contribution in [0.3, 0.4) is 0 Å². The lowest BCUT2D eigenvalue weighted by atomic mass is 10.2. The van der Waals surface area contributed by atoms with Crippen molar-refractivity contribution in [3.63, 3.8) is 0 Å². The second kappa shape index (κ2) is 5.20. The fourth-order valence-electron chi connectivity index (χ4n) is 2.76. The van der Waals surface area contributed by atoms with Crippen molar-refractivity contribution in [3.8, 4) is 0 Å². The number of benzene rings is 1. The van der Waals surface area contributed by atoms with Crippen molar-refractivity contribution < 1.29 is 14.0 Å². The average molecular weight is 289 g/mol. The molecule has 0 radical (unpaired) electrons. The number of fused-ring (bicyclic) bond motifs is 1. The summed E-state index contributed by atoms with van der Waals surface area (Å²) in [5.74, 6) is -0.460. The Morgan fingerprint density at radius 2 is 1.95 bits per heavy atom. The van der Waals surface area contributed by atoms with Crippen molar-refractivity contribution >= 4 is 23.2 Å². The lowest BCUT2D eigenvalue weighted by Gasteiger charge is -2.32. The maximum Gasteiger partial charge on any atom is 0.270 e. The Kier molecular flexibility index (Phi) is 3.37. The lowest BCUT2D eigenvalue weighted by Crippen LogP contribution is -2.48. The van der Waals surface area contributed by atoms with Crippen LogP contribution in [0.15, 0.2) is 24.3 Å². The van der Waals surface area contributed by atoms with E-state index >= 15 is 0 Å². The molecule has 0 unspecified atom stereocenters. The van der Waals surface area contributed by atoms with Crippen LogP contribution in [0.4, 0.5) is 4.39 Å². The van der Waals surface area contributed by atoms with E-state index in [1.54, 1.807) is 39.6 Å². The van der Waals surface area contributed by atoms with Crippen LogP contribution in [-0.4, -0.2) is 52.9 Å². The Labute approximate surface area is 121 Å². The van der Waals surface area contributed by atoms with E-state index in [9.17, 15) is 14.0 Å². The van der Waals surface area contributed by atoms with Gasteiger partial charge in [0.2, 0.25) is 6.41 Å². The number of aryl methyl sites for hydroxylation is 1. The fraction of sp³-hybridized carbons (Fsp3) is 0.333. The highest BCUT2D eigenvalue weighted by molar-refractivity contribution is 5.99. The molecule has 2 aromatic rings. The molecular formula is C15H16FN3O2. The number of aromatic nitrogens is 1. The molecule has 1 aromatic carbocycles. The molecule has 0 atom stereocenters. The quantitative estimate of drug-likeness (QED) is 0.781. The number of hydrogen-bond donors (Lipinski definition) is 0. The van der Waals surface area contributed by atoms with E-state index in [0.717, 1.165) is 6.41 Å². The SMILES string of the molecule is Cn1c(C(=O)N2CCN(C=O)CC2)cc2cccc(F)c21. The van der Waals surface area contributed by atoms with Crippen LogP contribution in [0, 0.1) is 5.82 Å². The van der Waals surface area contributed by atoms with Crippen molar-refractivity contribution in [3.05, 3.63) is 35.8 Å². The molecule has 110 valence electrons. The van der Waals surface area contributed by atoms with Crippen LogP contribution in [0.5, 0.6) is 0 Å². The average Bonchev–Trinajstić information content (AvgIpc) is 2.85. The number of carbonyl (C=O) groups is 2. The van der Waals surface area contributed by atoms with E-state index in [4.69, 9.17) is 0 Å². The summed E-state index contributed by atoms with van der Waals surface area (Å²) in [6.45, 7) is 2.07. The zero-order valence-corrected chi connectivity index (χ0v) is 11.8. The van der Waals surface area contributed by atoms with E-state index in [1.165, 1.54) is 6.07 Å². The molecular weight excluding hydrogens is 273 g/mol. The first-order valence-electron chi connectivity index (χ1n) is 6.84. The van der Waals surface area contributed by atoms with Crippen LogP contribution >= 0.6 is 0 Å². The van der Waals surface area contributed by atoms with Gasteiger partial charge in [-0.2, -0.15) is 0 Å².